The van der Waals surface area contributed by atoms with Crippen LogP contribution in [0, 0.1) is 13.8 Å². The van der Waals surface area contributed by atoms with Crippen LogP contribution in [-0.4, -0.2) is 36.4 Å². The molecule has 0 fully saturated rings. The first-order chi connectivity index (χ1) is 16.6. The third-order valence-electron chi connectivity index (χ3n) is 5.55. The highest BCUT2D eigenvalue weighted by Gasteiger charge is 2.26. The molecule has 0 aliphatic rings. The van der Waals surface area contributed by atoms with Crippen molar-refractivity contribution in [2.24, 2.45) is 5.73 Å². The van der Waals surface area contributed by atoms with Crippen molar-refractivity contribution in [2.75, 3.05) is 5.32 Å². The molecule has 35 heavy (non-hydrogen) atoms. The maximum Gasteiger partial charge on any atom is 0.280 e. The average molecular weight is 522 g/mol. The number of pyridine rings is 1. The molecule has 184 valence electrons. The Kier molecular flexibility index (Phi) is 6.86. The van der Waals surface area contributed by atoms with E-state index in [2.05, 4.69) is 20.5 Å². The molecule has 0 atom stereocenters. The molecule has 13 heteroatoms. The number of nitrogens with two attached hydrogens (primary N) is 1. The summed E-state index contributed by atoms with van der Waals surface area (Å²) < 4.78 is 30.6. The third kappa shape index (κ3) is 4.76. The summed E-state index contributed by atoms with van der Waals surface area (Å²) >= 11 is 6.87. The number of rotatable bonds is 8. The minimum absolute atomic E-state index is 0.0207. The number of fused-ring (bicyclic) bond motifs is 1. The molecule has 0 saturated carbocycles. The van der Waals surface area contributed by atoms with E-state index in [0.717, 1.165) is 11.3 Å². The molecular formula is C22H22ClF2N7O2S. The second-order valence-electron chi connectivity index (χ2n) is 7.83. The monoisotopic (exact) mass is 521 g/mol. The first-order valence-electron chi connectivity index (χ1n) is 10.7. The zero-order chi connectivity index (χ0) is 25.4. The summed E-state index contributed by atoms with van der Waals surface area (Å²) in [6.07, 6.45) is 0.417. The van der Waals surface area contributed by atoms with Crippen LogP contribution in [0.5, 0.6) is 0 Å². The summed E-state index contributed by atoms with van der Waals surface area (Å²) in [5.41, 5.74) is 7.58. The van der Waals surface area contributed by atoms with Gasteiger partial charge >= 0.3 is 0 Å². The molecule has 0 aromatic carbocycles. The second kappa shape index (κ2) is 9.70. The lowest BCUT2D eigenvalue weighted by Gasteiger charge is -2.11. The zero-order valence-corrected chi connectivity index (χ0v) is 20.7. The summed E-state index contributed by atoms with van der Waals surface area (Å²) in [5, 5.41) is 12.1. The van der Waals surface area contributed by atoms with Crippen molar-refractivity contribution in [1.82, 2.24) is 24.5 Å². The van der Waals surface area contributed by atoms with Crippen molar-refractivity contribution < 1.29 is 18.4 Å². The second-order valence-corrected chi connectivity index (χ2v) is 9.24. The van der Waals surface area contributed by atoms with E-state index in [1.165, 1.54) is 12.3 Å². The number of aryl methyl sites for hydroxylation is 3. The van der Waals surface area contributed by atoms with E-state index in [4.69, 9.17) is 17.3 Å². The van der Waals surface area contributed by atoms with E-state index in [1.807, 2.05) is 6.92 Å². The summed E-state index contributed by atoms with van der Waals surface area (Å²) in [6.45, 7) is 6.27. The number of aromatic nitrogens is 5. The molecule has 0 bridgehead atoms. The van der Waals surface area contributed by atoms with Crippen molar-refractivity contribution in [1.29, 1.82) is 0 Å². The van der Waals surface area contributed by atoms with Gasteiger partial charge in [0.1, 0.15) is 15.4 Å². The standard InChI is InChI=1S/C22H22ClF2N7O2S/c1-4-31-9-13(10(2)30-31)12-7-15(20(24)25)28-22-17(12)18(19(35-22)21(26)34)29-16(33)5-6-32-11(3)14(23)8-27-32/h7-9,20H,4-6H2,1-3H3,(H2,26,34)(H,29,33). The number of halogens is 3. The smallest absolute Gasteiger partial charge is 0.280 e. The number of carbonyl (C=O) groups is 2. The van der Waals surface area contributed by atoms with Crippen molar-refractivity contribution in [3.63, 3.8) is 0 Å². The Morgan fingerprint density at radius 1 is 1.29 bits per heavy atom. The quantitative estimate of drug-likeness (QED) is 0.348. The number of thiophene rings is 1. The van der Waals surface area contributed by atoms with Crippen LogP contribution < -0.4 is 11.1 Å². The van der Waals surface area contributed by atoms with Crippen molar-refractivity contribution in [2.45, 2.75) is 46.7 Å². The van der Waals surface area contributed by atoms with Crippen LogP contribution in [0.2, 0.25) is 5.02 Å². The first-order valence-corrected chi connectivity index (χ1v) is 11.9. The van der Waals surface area contributed by atoms with Gasteiger partial charge in [0.25, 0.3) is 12.3 Å². The Morgan fingerprint density at radius 3 is 2.60 bits per heavy atom. The molecule has 4 aromatic rings. The molecule has 0 radical (unpaired) electrons. The van der Waals surface area contributed by atoms with E-state index < -0.39 is 23.9 Å². The van der Waals surface area contributed by atoms with E-state index in [0.29, 0.717) is 39.5 Å². The van der Waals surface area contributed by atoms with Gasteiger partial charge in [-0.1, -0.05) is 11.6 Å². The number of hydrogen-bond donors (Lipinski definition) is 2. The van der Waals surface area contributed by atoms with Crippen molar-refractivity contribution in [3.05, 3.63) is 45.4 Å². The lowest BCUT2D eigenvalue weighted by Crippen LogP contribution is -2.18. The van der Waals surface area contributed by atoms with Gasteiger partial charge in [0.15, 0.2) is 0 Å². The zero-order valence-electron chi connectivity index (χ0n) is 19.1. The molecule has 9 nitrogen and oxygen atoms in total. The fourth-order valence-corrected chi connectivity index (χ4v) is 4.89. The molecule has 4 rings (SSSR count). The average Bonchev–Trinajstić information content (AvgIpc) is 3.47. The highest BCUT2D eigenvalue weighted by atomic mass is 35.5. The minimum atomic E-state index is -2.83. The Labute approximate surface area is 207 Å². The van der Waals surface area contributed by atoms with Gasteiger partial charge < -0.3 is 11.1 Å². The number of primary amides is 1. The molecule has 4 aromatic heterocycles. The normalized spacial score (nSPS) is 11.5. The molecule has 0 aliphatic heterocycles. The summed E-state index contributed by atoms with van der Waals surface area (Å²) in [4.78, 5) is 29.4. The van der Waals surface area contributed by atoms with E-state index in [1.54, 1.807) is 29.4 Å². The molecular weight excluding hydrogens is 500 g/mol. The van der Waals surface area contributed by atoms with E-state index in [9.17, 15) is 18.4 Å². The highest BCUT2D eigenvalue weighted by molar-refractivity contribution is 7.21. The lowest BCUT2D eigenvalue weighted by molar-refractivity contribution is -0.116. The Bertz CT molecular complexity index is 1440. The van der Waals surface area contributed by atoms with Gasteiger partial charge in [-0.3, -0.25) is 19.0 Å². The number of carbonyl (C=O) groups excluding carboxylic acids is 2. The fourth-order valence-electron chi connectivity index (χ4n) is 3.74. The van der Waals surface area contributed by atoms with Gasteiger partial charge in [0.2, 0.25) is 5.91 Å². The van der Waals surface area contributed by atoms with Crippen molar-refractivity contribution >= 4 is 50.7 Å². The largest absolute Gasteiger partial charge is 0.365 e. The number of nitrogens with zero attached hydrogens (tertiary/aromatic N) is 5. The number of amides is 2. The van der Waals surface area contributed by atoms with Gasteiger partial charge in [0.05, 0.1) is 34.8 Å². The molecule has 0 saturated heterocycles. The van der Waals surface area contributed by atoms with Crippen LogP contribution in [0.1, 0.15) is 46.5 Å². The summed E-state index contributed by atoms with van der Waals surface area (Å²) in [7, 11) is 0. The van der Waals surface area contributed by atoms with Gasteiger partial charge in [-0.15, -0.1) is 11.3 Å². The Morgan fingerprint density at radius 2 is 2.03 bits per heavy atom. The van der Waals surface area contributed by atoms with Crippen LogP contribution in [0.15, 0.2) is 18.5 Å². The van der Waals surface area contributed by atoms with E-state index in [-0.39, 0.29) is 28.4 Å². The van der Waals surface area contributed by atoms with Gasteiger partial charge in [-0.05, 0) is 32.4 Å². The Balaban J connectivity index is 1.81. The molecule has 3 N–H and O–H groups in total. The number of alkyl halides is 2. The van der Waals surface area contributed by atoms with Gasteiger partial charge in [-0.2, -0.15) is 10.2 Å². The fraction of sp³-hybridized carbons (Fsp3) is 0.318. The topological polar surface area (TPSA) is 121 Å². The van der Waals surface area contributed by atoms with Gasteiger partial charge in [-0.25, -0.2) is 13.8 Å². The van der Waals surface area contributed by atoms with Crippen LogP contribution in [0.25, 0.3) is 21.3 Å². The minimum Gasteiger partial charge on any atom is -0.365 e. The summed E-state index contributed by atoms with van der Waals surface area (Å²) in [5.74, 6) is -1.22. The SMILES string of the molecule is CCn1cc(-c2cc(C(F)F)nc3sc(C(N)=O)c(NC(=O)CCn4ncc(Cl)c4C)c23)c(C)n1. The van der Waals surface area contributed by atoms with Crippen LogP contribution in [0.4, 0.5) is 14.5 Å². The molecule has 2 amide bonds. The Hall–Kier alpha value is -3.38. The highest BCUT2D eigenvalue weighted by Crippen LogP contribution is 2.43. The van der Waals surface area contributed by atoms with Crippen LogP contribution in [-0.2, 0) is 17.9 Å². The van der Waals surface area contributed by atoms with Crippen molar-refractivity contribution in [3.8, 4) is 11.1 Å². The van der Waals surface area contributed by atoms with Crippen LogP contribution >= 0.6 is 22.9 Å². The molecule has 0 aliphatic carbocycles. The molecule has 0 spiro atoms. The molecule has 0 unspecified atom stereocenters. The number of hydrogen-bond acceptors (Lipinski definition) is 6. The maximum atomic E-state index is 13.7. The predicted molar refractivity (Wildman–Crippen MR) is 130 cm³/mol. The first kappa shape index (κ1) is 24.7. The maximum absolute atomic E-state index is 13.7. The van der Waals surface area contributed by atoms with E-state index >= 15 is 0 Å². The third-order valence-corrected chi connectivity index (χ3v) is 7.02. The number of nitrogens with one attached hydrogen (secondary N) is 1. The van der Waals surface area contributed by atoms with Crippen LogP contribution in [0.3, 0.4) is 0 Å². The number of anilines is 1. The predicted octanol–water partition coefficient (Wildman–Crippen LogP) is 4.71. The lowest BCUT2D eigenvalue weighted by atomic mass is 10.0. The summed E-state index contributed by atoms with van der Waals surface area (Å²) in [6, 6.07) is 1.26. The van der Waals surface area contributed by atoms with Gasteiger partial charge in [0, 0.05) is 30.1 Å². The molecule has 4 heterocycles.